The molecule has 0 radical (unpaired) electrons. The van der Waals surface area contributed by atoms with Crippen LogP contribution in [0.25, 0.3) is 0 Å². The highest BCUT2D eigenvalue weighted by molar-refractivity contribution is 9.10. The topological polar surface area (TPSA) is 55.5 Å². The first-order chi connectivity index (χ1) is 9.60. The minimum absolute atomic E-state index is 0.0324. The molecule has 20 heavy (non-hydrogen) atoms. The summed E-state index contributed by atoms with van der Waals surface area (Å²) in [4.78, 5) is 0. The Balaban J connectivity index is 1.79. The van der Waals surface area contributed by atoms with Crippen molar-refractivity contribution in [3.05, 3.63) is 28.2 Å². The number of hydrogen-bond acceptors (Lipinski definition) is 3. The summed E-state index contributed by atoms with van der Waals surface area (Å²) < 4.78 is 7.01. The van der Waals surface area contributed by atoms with Crippen molar-refractivity contribution in [2.24, 2.45) is 5.92 Å². The highest BCUT2D eigenvalue weighted by Crippen LogP contribution is 2.46. The van der Waals surface area contributed by atoms with Crippen LogP contribution in [-0.4, -0.2) is 17.3 Å². The maximum atomic E-state index is 10.7. The van der Waals surface area contributed by atoms with Crippen LogP contribution in [0.2, 0.25) is 0 Å². The zero-order chi connectivity index (χ0) is 14.2. The van der Waals surface area contributed by atoms with Crippen molar-refractivity contribution >= 4 is 21.6 Å². The summed E-state index contributed by atoms with van der Waals surface area (Å²) in [5, 5.41) is 10.7. The SMILES string of the molecule is Nc1ccc(Br)cc1C(O)C1CCOC2(CCCC2)C1. The van der Waals surface area contributed by atoms with Gasteiger partial charge in [-0.3, -0.25) is 0 Å². The largest absolute Gasteiger partial charge is 0.398 e. The Bertz CT molecular complexity index is 485. The molecule has 3 N–H and O–H groups in total. The fourth-order valence-electron chi connectivity index (χ4n) is 3.76. The number of benzene rings is 1. The van der Waals surface area contributed by atoms with E-state index in [4.69, 9.17) is 10.5 Å². The first-order valence-electron chi connectivity index (χ1n) is 7.47. The lowest BCUT2D eigenvalue weighted by Crippen LogP contribution is -2.39. The highest BCUT2D eigenvalue weighted by Gasteiger charge is 2.42. The zero-order valence-electron chi connectivity index (χ0n) is 11.6. The lowest BCUT2D eigenvalue weighted by molar-refractivity contribution is -0.113. The Morgan fingerprint density at radius 3 is 2.85 bits per heavy atom. The van der Waals surface area contributed by atoms with Gasteiger partial charge in [-0.15, -0.1) is 0 Å². The molecule has 3 nitrogen and oxygen atoms in total. The van der Waals surface area contributed by atoms with Gasteiger partial charge in [0.05, 0.1) is 11.7 Å². The summed E-state index contributed by atoms with van der Waals surface area (Å²) in [5.74, 6) is 0.249. The van der Waals surface area contributed by atoms with Crippen molar-refractivity contribution in [1.29, 1.82) is 0 Å². The van der Waals surface area contributed by atoms with Crippen molar-refractivity contribution < 1.29 is 9.84 Å². The van der Waals surface area contributed by atoms with Gasteiger partial charge in [0.15, 0.2) is 0 Å². The van der Waals surface area contributed by atoms with Gasteiger partial charge in [0.25, 0.3) is 0 Å². The molecule has 2 fully saturated rings. The number of aliphatic hydroxyl groups is 1. The molecule has 2 atom stereocenters. The number of ether oxygens (including phenoxy) is 1. The quantitative estimate of drug-likeness (QED) is 0.805. The third kappa shape index (κ3) is 2.74. The van der Waals surface area contributed by atoms with Gasteiger partial charge in [-0.05, 0) is 49.8 Å². The number of rotatable bonds is 2. The van der Waals surface area contributed by atoms with Gasteiger partial charge in [-0.25, -0.2) is 0 Å². The number of nitrogen functional groups attached to an aromatic ring is 1. The molecule has 1 aliphatic carbocycles. The van der Waals surface area contributed by atoms with Gasteiger partial charge in [0.1, 0.15) is 0 Å². The van der Waals surface area contributed by atoms with Crippen molar-refractivity contribution in [3.63, 3.8) is 0 Å². The van der Waals surface area contributed by atoms with Crippen LogP contribution in [0.1, 0.15) is 50.2 Å². The Morgan fingerprint density at radius 1 is 1.35 bits per heavy atom. The van der Waals surface area contributed by atoms with Crippen LogP contribution >= 0.6 is 15.9 Å². The van der Waals surface area contributed by atoms with E-state index in [-0.39, 0.29) is 11.5 Å². The molecule has 0 aromatic heterocycles. The van der Waals surface area contributed by atoms with E-state index in [1.807, 2.05) is 18.2 Å². The number of hydrogen-bond donors (Lipinski definition) is 2. The molecule has 0 amide bonds. The molecule has 1 aliphatic heterocycles. The molecule has 0 bridgehead atoms. The lowest BCUT2D eigenvalue weighted by Gasteiger charge is -2.40. The van der Waals surface area contributed by atoms with E-state index in [9.17, 15) is 5.11 Å². The van der Waals surface area contributed by atoms with E-state index in [1.54, 1.807) is 0 Å². The van der Waals surface area contributed by atoms with E-state index >= 15 is 0 Å². The normalized spacial score (nSPS) is 26.8. The second-order valence-electron chi connectivity index (χ2n) is 6.21. The van der Waals surface area contributed by atoms with Gasteiger partial charge >= 0.3 is 0 Å². The zero-order valence-corrected chi connectivity index (χ0v) is 13.2. The van der Waals surface area contributed by atoms with Crippen LogP contribution in [0, 0.1) is 5.92 Å². The molecular weight excluding hydrogens is 318 g/mol. The Morgan fingerprint density at radius 2 is 2.10 bits per heavy atom. The van der Waals surface area contributed by atoms with Gasteiger partial charge < -0.3 is 15.6 Å². The van der Waals surface area contributed by atoms with Gasteiger partial charge in [0.2, 0.25) is 0 Å². The van der Waals surface area contributed by atoms with Gasteiger partial charge in [-0.2, -0.15) is 0 Å². The van der Waals surface area contributed by atoms with Crippen LogP contribution in [-0.2, 0) is 4.74 Å². The third-order valence-electron chi connectivity index (χ3n) is 4.86. The standard InChI is InChI=1S/C16H22BrNO2/c17-12-3-4-14(18)13(9-12)15(19)11-5-8-20-16(10-11)6-1-2-7-16/h3-4,9,11,15,19H,1-2,5-8,10,18H2. The smallest absolute Gasteiger partial charge is 0.0840 e. The summed E-state index contributed by atoms with van der Waals surface area (Å²) in [6, 6.07) is 5.71. The molecule has 1 saturated heterocycles. The van der Waals surface area contributed by atoms with Crippen LogP contribution in [0.15, 0.2) is 22.7 Å². The average Bonchev–Trinajstić information content (AvgIpc) is 2.88. The number of anilines is 1. The molecule has 110 valence electrons. The second kappa shape index (κ2) is 5.66. The number of nitrogens with two attached hydrogens (primary N) is 1. The lowest BCUT2D eigenvalue weighted by atomic mass is 9.79. The van der Waals surface area contributed by atoms with Crippen LogP contribution in [0.3, 0.4) is 0 Å². The van der Waals surface area contributed by atoms with Crippen molar-refractivity contribution in [1.82, 2.24) is 0 Å². The van der Waals surface area contributed by atoms with E-state index in [0.717, 1.165) is 42.3 Å². The Hall–Kier alpha value is -0.580. The first kappa shape index (κ1) is 14.4. The van der Waals surface area contributed by atoms with Crippen LogP contribution < -0.4 is 5.73 Å². The summed E-state index contributed by atoms with van der Waals surface area (Å²) >= 11 is 3.46. The van der Waals surface area contributed by atoms with E-state index in [1.165, 1.54) is 12.8 Å². The molecular formula is C16H22BrNO2. The predicted octanol–water partition coefficient (Wildman–Crippen LogP) is 3.80. The molecule has 2 aliphatic rings. The summed E-state index contributed by atoms with van der Waals surface area (Å²) in [7, 11) is 0. The second-order valence-corrected chi connectivity index (χ2v) is 7.13. The number of aliphatic hydroxyl groups excluding tert-OH is 1. The Labute approximate surface area is 128 Å². The summed E-state index contributed by atoms with van der Waals surface area (Å²) in [6.07, 6.45) is 6.17. The van der Waals surface area contributed by atoms with Crippen molar-refractivity contribution in [3.8, 4) is 0 Å². The molecule has 2 unspecified atom stereocenters. The molecule has 1 spiro atoms. The monoisotopic (exact) mass is 339 g/mol. The molecule has 4 heteroatoms. The summed E-state index contributed by atoms with van der Waals surface area (Å²) in [5.41, 5.74) is 7.58. The maximum Gasteiger partial charge on any atom is 0.0840 e. The summed E-state index contributed by atoms with van der Waals surface area (Å²) in [6.45, 7) is 0.760. The van der Waals surface area contributed by atoms with Gasteiger partial charge in [-0.1, -0.05) is 28.8 Å². The molecule has 1 aromatic carbocycles. The molecule has 3 rings (SSSR count). The average molecular weight is 340 g/mol. The molecule has 1 saturated carbocycles. The Kier molecular flexibility index (Phi) is 4.07. The third-order valence-corrected chi connectivity index (χ3v) is 5.35. The van der Waals surface area contributed by atoms with Gasteiger partial charge in [0, 0.05) is 22.3 Å². The number of halogens is 1. The van der Waals surface area contributed by atoms with Crippen molar-refractivity contribution in [2.45, 2.75) is 50.2 Å². The van der Waals surface area contributed by atoms with E-state index in [2.05, 4.69) is 15.9 Å². The minimum Gasteiger partial charge on any atom is -0.398 e. The van der Waals surface area contributed by atoms with E-state index < -0.39 is 6.10 Å². The van der Waals surface area contributed by atoms with Crippen LogP contribution in [0.4, 0.5) is 5.69 Å². The maximum absolute atomic E-state index is 10.7. The highest BCUT2D eigenvalue weighted by atomic mass is 79.9. The first-order valence-corrected chi connectivity index (χ1v) is 8.26. The van der Waals surface area contributed by atoms with E-state index in [0.29, 0.717) is 5.69 Å². The van der Waals surface area contributed by atoms with Crippen molar-refractivity contribution in [2.75, 3.05) is 12.3 Å². The predicted molar refractivity (Wildman–Crippen MR) is 83.4 cm³/mol. The minimum atomic E-state index is -0.492. The fraction of sp³-hybridized carbons (Fsp3) is 0.625. The molecule has 1 aromatic rings. The molecule has 1 heterocycles. The van der Waals surface area contributed by atoms with Crippen LogP contribution in [0.5, 0.6) is 0 Å². The fourth-order valence-corrected chi connectivity index (χ4v) is 4.14.